The lowest BCUT2D eigenvalue weighted by Gasteiger charge is -2.43. The molecule has 2 rings (SSSR count). The van der Waals surface area contributed by atoms with E-state index in [1.807, 2.05) is 13.8 Å². The molecule has 8 atom stereocenters. The Morgan fingerprint density at radius 1 is 1.23 bits per heavy atom. The van der Waals surface area contributed by atoms with E-state index in [0.717, 1.165) is 19.3 Å². The molecule has 0 aromatic heterocycles. The molecule has 2 aliphatic rings. The van der Waals surface area contributed by atoms with Crippen LogP contribution in [-0.4, -0.2) is 45.6 Å². The Bertz CT molecular complexity index is 654. The molecule has 0 aliphatic heterocycles. The highest BCUT2D eigenvalue weighted by Crippen LogP contribution is 2.45. The Hall–Kier alpha value is -1.66. The summed E-state index contributed by atoms with van der Waals surface area (Å²) < 4.78 is 6.00. The van der Waals surface area contributed by atoms with Crippen molar-refractivity contribution in [2.24, 2.45) is 29.6 Å². The maximum absolute atomic E-state index is 12.5. The lowest BCUT2D eigenvalue weighted by Crippen LogP contribution is -2.41. The minimum Gasteiger partial charge on any atom is -0.481 e. The summed E-state index contributed by atoms with van der Waals surface area (Å²) in [5.74, 6) is -0.406. The molecule has 6 nitrogen and oxygen atoms in total. The number of carbonyl (C=O) groups is 2. The summed E-state index contributed by atoms with van der Waals surface area (Å²) in [6.07, 6.45) is 7.07. The van der Waals surface area contributed by atoms with E-state index in [-0.39, 0.29) is 48.6 Å². The molecule has 6 heteroatoms. The Morgan fingerprint density at radius 3 is 2.57 bits per heavy atom. The van der Waals surface area contributed by atoms with Crippen LogP contribution in [0, 0.1) is 29.6 Å². The third-order valence-corrected chi connectivity index (χ3v) is 6.67. The average Bonchev–Trinajstić information content (AvgIpc) is 2.65. The van der Waals surface area contributed by atoms with Crippen molar-refractivity contribution in [2.75, 3.05) is 0 Å². The molecule has 0 radical (unpaired) electrons. The largest absolute Gasteiger partial charge is 0.481 e. The third-order valence-electron chi connectivity index (χ3n) is 6.67. The number of fused-ring (bicyclic) bond motifs is 1. The van der Waals surface area contributed by atoms with Gasteiger partial charge >= 0.3 is 11.9 Å². The van der Waals surface area contributed by atoms with Gasteiger partial charge in [-0.1, -0.05) is 45.9 Å². The summed E-state index contributed by atoms with van der Waals surface area (Å²) in [5, 5.41) is 28.9. The van der Waals surface area contributed by atoms with E-state index in [1.54, 1.807) is 0 Å². The highest BCUT2D eigenvalue weighted by Gasteiger charge is 2.41. The highest BCUT2D eigenvalue weighted by atomic mass is 16.5. The number of esters is 1. The number of aliphatic hydroxyl groups is 2. The van der Waals surface area contributed by atoms with Crippen molar-refractivity contribution in [1.29, 1.82) is 0 Å². The fourth-order valence-corrected chi connectivity index (χ4v) is 4.76. The maximum Gasteiger partial charge on any atom is 0.308 e. The van der Waals surface area contributed by atoms with Crippen LogP contribution in [-0.2, 0) is 14.3 Å². The maximum atomic E-state index is 12.5. The molecule has 0 spiro atoms. The lowest BCUT2D eigenvalue weighted by molar-refractivity contribution is -0.158. The Kier molecular flexibility index (Phi) is 9.10. The van der Waals surface area contributed by atoms with Crippen molar-refractivity contribution in [3.05, 3.63) is 23.8 Å². The minimum absolute atomic E-state index is 0.0556. The van der Waals surface area contributed by atoms with Gasteiger partial charge in [0.2, 0.25) is 0 Å². The summed E-state index contributed by atoms with van der Waals surface area (Å²) in [4.78, 5) is 23.2. The van der Waals surface area contributed by atoms with Crippen molar-refractivity contribution in [2.45, 2.75) is 84.5 Å². The minimum atomic E-state index is -1.07. The Balaban J connectivity index is 2.09. The molecular formula is C24H38O6. The number of hydrogen-bond acceptors (Lipinski definition) is 5. The number of rotatable bonds is 10. The van der Waals surface area contributed by atoms with Gasteiger partial charge in [-0.2, -0.15) is 0 Å². The number of allylic oxidation sites excluding steroid dienone is 3. The molecule has 0 unspecified atom stereocenters. The smallest absolute Gasteiger partial charge is 0.308 e. The Morgan fingerprint density at radius 2 is 1.93 bits per heavy atom. The third kappa shape index (κ3) is 6.67. The van der Waals surface area contributed by atoms with Crippen LogP contribution >= 0.6 is 0 Å². The van der Waals surface area contributed by atoms with Gasteiger partial charge in [-0.15, -0.1) is 0 Å². The van der Waals surface area contributed by atoms with Crippen LogP contribution < -0.4 is 0 Å². The first-order valence-corrected chi connectivity index (χ1v) is 11.3. The van der Waals surface area contributed by atoms with Crippen molar-refractivity contribution in [1.82, 2.24) is 0 Å². The zero-order chi connectivity index (χ0) is 22.4. The number of carboxylic acids is 1. The van der Waals surface area contributed by atoms with Crippen LogP contribution in [0.4, 0.5) is 0 Å². The molecule has 0 fully saturated rings. The van der Waals surface area contributed by atoms with Gasteiger partial charge in [0.15, 0.2) is 0 Å². The van der Waals surface area contributed by atoms with Crippen molar-refractivity contribution < 1.29 is 29.6 Å². The molecule has 0 bridgehead atoms. The zero-order valence-corrected chi connectivity index (χ0v) is 18.7. The van der Waals surface area contributed by atoms with E-state index in [2.05, 4.69) is 32.1 Å². The molecule has 0 saturated carbocycles. The van der Waals surface area contributed by atoms with Gasteiger partial charge in [-0.05, 0) is 55.4 Å². The van der Waals surface area contributed by atoms with E-state index in [1.165, 1.54) is 5.57 Å². The number of ether oxygens (including phenoxy) is 1. The highest BCUT2D eigenvalue weighted by molar-refractivity contribution is 5.72. The van der Waals surface area contributed by atoms with Crippen LogP contribution in [0.15, 0.2) is 23.8 Å². The molecule has 0 saturated heterocycles. The van der Waals surface area contributed by atoms with Crippen LogP contribution in [0.3, 0.4) is 0 Å². The molecular weight excluding hydrogens is 384 g/mol. The fourth-order valence-electron chi connectivity index (χ4n) is 4.76. The van der Waals surface area contributed by atoms with Crippen LogP contribution in [0.2, 0.25) is 0 Å². The van der Waals surface area contributed by atoms with Crippen molar-refractivity contribution in [3.8, 4) is 0 Å². The van der Waals surface area contributed by atoms with E-state index in [9.17, 15) is 19.8 Å². The van der Waals surface area contributed by atoms with Gasteiger partial charge in [0.05, 0.1) is 24.5 Å². The SMILES string of the molecule is CC[C@H](C)C(=O)O[C@H]1C[C@H](C)C=C2C=C[C@H](C)[C@H](CC[C@@H](O)C[C@@H](O)CC(=O)O)[C@H]21. The Labute approximate surface area is 180 Å². The summed E-state index contributed by atoms with van der Waals surface area (Å²) in [6, 6.07) is 0. The normalized spacial score (nSPS) is 31.3. The predicted molar refractivity (Wildman–Crippen MR) is 115 cm³/mol. The second-order valence-electron chi connectivity index (χ2n) is 9.29. The summed E-state index contributed by atoms with van der Waals surface area (Å²) in [7, 11) is 0. The second-order valence-corrected chi connectivity index (χ2v) is 9.29. The van der Waals surface area contributed by atoms with Gasteiger partial charge in [-0.25, -0.2) is 0 Å². The van der Waals surface area contributed by atoms with Gasteiger partial charge in [0, 0.05) is 5.92 Å². The molecule has 0 aromatic rings. The molecule has 170 valence electrons. The van der Waals surface area contributed by atoms with E-state index in [4.69, 9.17) is 9.84 Å². The van der Waals surface area contributed by atoms with Crippen LogP contribution in [0.25, 0.3) is 0 Å². The van der Waals surface area contributed by atoms with Gasteiger partial charge in [0.25, 0.3) is 0 Å². The standard InChI is InChI=1S/C24H38O6/c1-5-15(3)24(29)30-21-11-14(2)10-17-7-6-16(4)20(23(17)21)9-8-18(25)12-19(26)13-22(27)28/h6-7,10,14-16,18-21,23,25-26H,5,8-9,11-13H2,1-4H3,(H,27,28)/t14-,15+,16+,18-,19-,20+,21+,23+/m1/s1. The lowest BCUT2D eigenvalue weighted by atomic mass is 9.65. The fraction of sp³-hybridized carbons (Fsp3) is 0.750. The van der Waals surface area contributed by atoms with E-state index >= 15 is 0 Å². The first kappa shape index (κ1) is 24.6. The molecule has 0 heterocycles. The molecule has 0 aromatic carbocycles. The molecule has 0 amide bonds. The average molecular weight is 423 g/mol. The zero-order valence-electron chi connectivity index (χ0n) is 18.7. The molecule has 30 heavy (non-hydrogen) atoms. The topological polar surface area (TPSA) is 104 Å². The quantitative estimate of drug-likeness (QED) is 0.464. The number of carbonyl (C=O) groups excluding carboxylic acids is 1. The summed E-state index contributed by atoms with van der Waals surface area (Å²) >= 11 is 0. The van der Waals surface area contributed by atoms with E-state index in [0.29, 0.717) is 12.3 Å². The number of aliphatic hydroxyl groups excluding tert-OH is 2. The van der Waals surface area contributed by atoms with Gasteiger partial charge in [0.1, 0.15) is 6.10 Å². The molecule has 2 aliphatic carbocycles. The first-order chi connectivity index (χ1) is 14.1. The van der Waals surface area contributed by atoms with Crippen LogP contribution in [0.5, 0.6) is 0 Å². The first-order valence-electron chi connectivity index (χ1n) is 11.3. The summed E-state index contributed by atoms with van der Waals surface area (Å²) in [5.41, 5.74) is 1.21. The van der Waals surface area contributed by atoms with Crippen molar-refractivity contribution >= 4 is 11.9 Å². The van der Waals surface area contributed by atoms with E-state index < -0.39 is 18.2 Å². The predicted octanol–water partition coefficient (Wildman–Crippen LogP) is 3.72. The number of carboxylic acid groups (broad SMARTS) is 1. The van der Waals surface area contributed by atoms with Crippen LogP contribution in [0.1, 0.15) is 66.2 Å². The van der Waals surface area contributed by atoms with Gasteiger partial charge in [-0.3, -0.25) is 9.59 Å². The monoisotopic (exact) mass is 422 g/mol. The number of aliphatic carboxylic acids is 1. The van der Waals surface area contributed by atoms with Crippen molar-refractivity contribution in [3.63, 3.8) is 0 Å². The molecule has 3 N–H and O–H groups in total. The second kappa shape index (κ2) is 11.1. The van der Waals surface area contributed by atoms with Gasteiger partial charge < -0.3 is 20.1 Å². The summed E-state index contributed by atoms with van der Waals surface area (Å²) in [6.45, 7) is 8.16. The number of hydrogen-bond donors (Lipinski definition) is 3.